The van der Waals surface area contributed by atoms with Gasteiger partial charge in [0.25, 0.3) is 0 Å². The molecule has 0 amide bonds. The van der Waals surface area contributed by atoms with Crippen molar-refractivity contribution in [2.45, 2.75) is 50.5 Å². The van der Waals surface area contributed by atoms with E-state index in [2.05, 4.69) is 17.6 Å². The van der Waals surface area contributed by atoms with Crippen LogP contribution in [0.15, 0.2) is 5.38 Å². The lowest BCUT2D eigenvalue weighted by Gasteiger charge is -2.07. The second-order valence-electron chi connectivity index (χ2n) is 5.20. The molecule has 0 radical (unpaired) electrons. The highest BCUT2D eigenvalue weighted by atomic mass is 32.1. The molecule has 0 bridgehead atoms. The topological polar surface area (TPSA) is 24.9 Å². The van der Waals surface area contributed by atoms with Crippen LogP contribution in [-0.2, 0) is 11.8 Å². The number of rotatable bonds is 3. The molecule has 1 aliphatic heterocycles. The van der Waals surface area contributed by atoms with Gasteiger partial charge in [-0.15, -0.1) is 11.3 Å². The molecule has 3 heteroatoms. The summed E-state index contributed by atoms with van der Waals surface area (Å²) >= 11 is 1.86. The fourth-order valence-electron chi connectivity index (χ4n) is 2.26. The van der Waals surface area contributed by atoms with Gasteiger partial charge in [0.2, 0.25) is 0 Å². The van der Waals surface area contributed by atoms with Gasteiger partial charge in [0.05, 0.1) is 10.7 Å². The van der Waals surface area contributed by atoms with Crippen LogP contribution in [-0.4, -0.2) is 17.6 Å². The number of nitrogens with zero attached hydrogens (tertiary/aromatic N) is 1. The van der Waals surface area contributed by atoms with Gasteiger partial charge < -0.3 is 5.32 Å². The Labute approximate surface area is 95.1 Å². The van der Waals surface area contributed by atoms with Gasteiger partial charge in [0.15, 0.2) is 0 Å². The highest BCUT2D eigenvalue weighted by Gasteiger charge is 2.41. The van der Waals surface area contributed by atoms with Crippen LogP contribution in [0.4, 0.5) is 0 Å². The van der Waals surface area contributed by atoms with Crippen molar-refractivity contribution in [2.75, 3.05) is 6.54 Å². The maximum absolute atomic E-state index is 4.79. The van der Waals surface area contributed by atoms with E-state index >= 15 is 0 Å². The predicted molar refractivity (Wildman–Crippen MR) is 63.4 cm³/mol. The van der Waals surface area contributed by atoms with Crippen LogP contribution in [0.5, 0.6) is 0 Å². The summed E-state index contributed by atoms with van der Waals surface area (Å²) in [6.07, 6.45) is 6.46. The summed E-state index contributed by atoms with van der Waals surface area (Å²) in [5, 5.41) is 7.17. The van der Waals surface area contributed by atoms with Gasteiger partial charge >= 0.3 is 0 Å². The summed E-state index contributed by atoms with van der Waals surface area (Å²) in [6, 6.07) is 0.687. The third-order valence-corrected chi connectivity index (χ3v) is 4.88. The van der Waals surface area contributed by atoms with Crippen molar-refractivity contribution in [2.24, 2.45) is 0 Å². The highest BCUT2D eigenvalue weighted by Crippen LogP contribution is 2.48. The van der Waals surface area contributed by atoms with E-state index in [1.165, 1.54) is 42.9 Å². The number of thiazole rings is 1. The van der Waals surface area contributed by atoms with E-state index in [4.69, 9.17) is 4.98 Å². The molecule has 1 unspecified atom stereocenters. The highest BCUT2D eigenvalue weighted by molar-refractivity contribution is 7.09. The number of hydrogen-bond donors (Lipinski definition) is 1. The molecule has 1 atom stereocenters. The van der Waals surface area contributed by atoms with Crippen molar-refractivity contribution in [3.05, 3.63) is 16.1 Å². The van der Waals surface area contributed by atoms with Crippen molar-refractivity contribution in [1.82, 2.24) is 10.3 Å². The zero-order chi connectivity index (χ0) is 10.3. The molecule has 1 aromatic rings. The van der Waals surface area contributed by atoms with E-state index in [9.17, 15) is 0 Å². The van der Waals surface area contributed by atoms with Gasteiger partial charge in [-0.25, -0.2) is 4.98 Å². The fourth-order valence-corrected chi connectivity index (χ4v) is 3.32. The lowest BCUT2D eigenvalue weighted by atomic mass is 10.1. The van der Waals surface area contributed by atoms with Crippen LogP contribution in [0, 0.1) is 0 Å². The molecule has 2 aliphatic rings. The van der Waals surface area contributed by atoms with Crippen molar-refractivity contribution in [3.63, 3.8) is 0 Å². The molecular weight excluding hydrogens is 204 g/mol. The Morgan fingerprint density at radius 2 is 2.47 bits per heavy atom. The Bertz CT molecular complexity index is 348. The predicted octanol–water partition coefficient (Wildman–Crippen LogP) is 2.49. The first-order chi connectivity index (χ1) is 7.26. The molecular formula is C12H18N2S. The Kier molecular flexibility index (Phi) is 2.33. The van der Waals surface area contributed by atoms with Gasteiger partial charge in [0, 0.05) is 23.3 Å². The fraction of sp³-hybridized carbons (Fsp3) is 0.750. The van der Waals surface area contributed by atoms with E-state index in [-0.39, 0.29) is 0 Å². The van der Waals surface area contributed by atoms with E-state index in [0.29, 0.717) is 11.5 Å². The summed E-state index contributed by atoms with van der Waals surface area (Å²) in [4.78, 5) is 4.79. The van der Waals surface area contributed by atoms with Crippen molar-refractivity contribution < 1.29 is 0 Å². The third kappa shape index (κ3) is 1.95. The average molecular weight is 222 g/mol. The van der Waals surface area contributed by atoms with E-state index in [0.717, 1.165) is 6.42 Å². The maximum Gasteiger partial charge on any atom is 0.0987 e. The molecule has 1 N–H and O–H groups in total. The summed E-state index contributed by atoms with van der Waals surface area (Å²) in [5.74, 6) is 0. The molecule has 2 fully saturated rings. The number of nitrogens with one attached hydrogen (secondary N) is 1. The molecule has 2 nitrogen and oxygen atoms in total. The van der Waals surface area contributed by atoms with Gasteiger partial charge in [-0.05, 0) is 32.2 Å². The molecule has 1 aromatic heterocycles. The maximum atomic E-state index is 4.79. The van der Waals surface area contributed by atoms with E-state index in [1.807, 2.05) is 11.3 Å². The molecule has 0 spiro atoms. The zero-order valence-electron chi connectivity index (χ0n) is 9.25. The van der Waals surface area contributed by atoms with Crippen molar-refractivity contribution >= 4 is 11.3 Å². The Morgan fingerprint density at radius 3 is 3.13 bits per heavy atom. The van der Waals surface area contributed by atoms with Gasteiger partial charge in [-0.2, -0.15) is 0 Å². The Balaban J connectivity index is 1.68. The molecule has 1 aliphatic carbocycles. The normalized spacial score (nSPS) is 28.2. The van der Waals surface area contributed by atoms with Gasteiger partial charge in [-0.3, -0.25) is 0 Å². The Hall–Kier alpha value is -0.410. The summed E-state index contributed by atoms with van der Waals surface area (Å²) in [7, 11) is 0. The van der Waals surface area contributed by atoms with Crippen LogP contribution >= 0.6 is 11.3 Å². The van der Waals surface area contributed by atoms with Crippen molar-refractivity contribution in [3.8, 4) is 0 Å². The van der Waals surface area contributed by atoms with Crippen LogP contribution < -0.4 is 5.32 Å². The third-order valence-electron chi connectivity index (χ3n) is 3.69. The summed E-state index contributed by atoms with van der Waals surface area (Å²) < 4.78 is 0. The van der Waals surface area contributed by atoms with Gasteiger partial charge in [0.1, 0.15) is 0 Å². The van der Waals surface area contributed by atoms with Crippen LogP contribution in [0.1, 0.15) is 43.3 Å². The molecule has 2 heterocycles. The molecule has 82 valence electrons. The lowest BCUT2D eigenvalue weighted by Crippen LogP contribution is -2.23. The molecule has 3 rings (SSSR count). The zero-order valence-corrected chi connectivity index (χ0v) is 10.1. The monoisotopic (exact) mass is 222 g/mol. The minimum absolute atomic E-state index is 0.450. The lowest BCUT2D eigenvalue weighted by molar-refractivity contribution is 0.594. The molecule has 0 aromatic carbocycles. The average Bonchev–Trinajstić information content (AvgIpc) is 2.75. The molecule has 15 heavy (non-hydrogen) atoms. The quantitative estimate of drug-likeness (QED) is 0.850. The van der Waals surface area contributed by atoms with Crippen LogP contribution in [0.2, 0.25) is 0 Å². The van der Waals surface area contributed by atoms with Crippen molar-refractivity contribution in [1.29, 1.82) is 0 Å². The minimum Gasteiger partial charge on any atom is -0.314 e. The molecule has 1 saturated carbocycles. The number of aromatic nitrogens is 1. The van der Waals surface area contributed by atoms with Crippen LogP contribution in [0.3, 0.4) is 0 Å². The first-order valence-corrected chi connectivity index (χ1v) is 6.82. The van der Waals surface area contributed by atoms with E-state index < -0.39 is 0 Å². The van der Waals surface area contributed by atoms with Crippen LogP contribution in [0.25, 0.3) is 0 Å². The molecule has 1 saturated heterocycles. The standard InChI is InChI=1S/C12H18N2S/c1-12(4-5-12)11-14-10(8-15-11)7-9-3-2-6-13-9/h8-9,13H,2-7H2,1H3. The Morgan fingerprint density at radius 1 is 1.60 bits per heavy atom. The second kappa shape index (κ2) is 3.56. The minimum atomic E-state index is 0.450. The smallest absolute Gasteiger partial charge is 0.0987 e. The summed E-state index contributed by atoms with van der Waals surface area (Å²) in [5.41, 5.74) is 1.76. The largest absolute Gasteiger partial charge is 0.314 e. The second-order valence-corrected chi connectivity index (χ2v) is 6.06. The van der Waals surface area contributed by atoms with E-state index in [1.54, 1.807) is 0 Å². The first-order valence-electron chi connectivity index (χ1n) is 5.95. The number of hydrogen-bond acceptors (Lipinski definition) is 3. The van der Waals surface area contributed by atoms with Gasteiger partial charge in [-0.1, -0.05) is 6.92 Å². The summed E-state index contributed by atoms with van der Waals surface area (Å²) in [6.45, 7) is 3.53. The SMILES string of the molecule is CC1(c2nc(CC3CCCN3)cs2)CC1. The first kappa shape index (κ1) is 9.79.